The van der Waals surface area contributed by atoms with Gasteiger partial charge in [-0.2, -0.15) is 0 Å². The number of nitrogens with two attached hydrogens (primary N) is 2. The average molecular weight is 498 g/mol. The van der Waals surface area contributed by atoms with Crippen molar-refractivity contribution in [3.8, 4) is 11.1 Å². The first kappa shape index (κ1) is 23.4. The summed E-state index contributed by atoms with van der Waals surface area (Å²) in [6.07, 6.45) is 10.4. The molecule has 0 radical (unpaired) electrons. The Bertz CT molecular complexity index is 1460. The molecule has 1 saturated carbocycles. The molecule has 1 aromatic carbocycles. The van der Waals surface area contributed by atoms with Gasteiger partial charge in [-0.05, 0) is 54.5 Å². The lowest BCUT2D eigenvalue weighted by atomic mass is 9.95. The highest BCUT2D eigenvalue weighted by Crippen LogP contribution is 2.36. The SMILES string of the molecule is CCc1cc(-c2cccnc2)cc(N2CC[C@](N)(C(=O)NC3CC3)C2)c1Cn1cnc2c(N)ncnc21. The van der Waals surface area contributed by atoms with E-state index in [1.165, 1.54) is 11.9 Å². The molecule has 5 N–H and O–H groups in total. The molecule has 0 unspecified atom stereocenters. The average Bonchev–Trinajstić information content (AvgIpc) is 3.49. The van der Waals surface area contributed by atoms with Crippen molar-refractivity contribution in [2.75, 3.05) is 23.7 Å². The third kappa shape index (κ3) is 4.37. The van der Waals surface area contributed by atoms with Crippen molar-refractivity contribution in [3.63, 3.8) is 0 Å². The van der Waals surface area contributed by atoms with Gasteiger partial charge in [0.15, 0.2) is 11.5 Å². The molecule has 37 heavy (non-hydrogen) atoms. The number of fused-ring (bicyclic) bond motifs is 1. The monoisotopic (exact) mass is 497 g/mol. The van der Waals surface area contributed by atoms with Crippen LogP contribution in [-0.2, 0) is 17.8 Å². The molecule has 1 aliphatic heterocycles. The van der Waals surface area contributed by atoms with E-state index < -0.39 is 5.54 Å². The number of imidazole rings is 1. The first-order chi connectivity index (χ1) is 17.9. The largest absolute Gasteiger partial charge is 0.382 e. The van der Waals surface area contributed by atoms with Crippen LogP contribution in [0.15, 0.2) is 49.3 Å². The molecule has 4 heterocycles. The summed E-state index contributed by atoms with van der Waals surface area (Å²) in [5.74, 6) is 0.312. The van der Waals surface area contributed by atoms with Gasteiger partial charge in [-0.3, -0.25) is 9.78 Å². The lowest BCUT2D eigenvalue weighted by Gasteiger charge is -2.28. The van der Waals surface area contributed by atoms with Crippen molar-refractivity contribution in [2.45, 2.75) is 50.7 Å². The molecule has 1 amide bonds. The summed E-state index contributed by atoms with van der Waals surface area (Å²) in [4.78, 5) is 32.6. The number of carbonyl (C=O) groups excluding carboxylic acids is 1. The van der Waals surface area contributed by atoms with Crippen LogP contribution in [-0.4, -0.2) is 55.1 Å². The predicted octanol–water partition coefficient (Wildman–Crippen LogP) is 2.27. The standard InChI is InChI=1S/C27H31N9O/c1-2-17-10-19(18-4-3-8-30-12-18)11-22(35-9-7-27(29,14-35)26(37)34-20-5-6-20)21(17)13-36-16-33-23-24(28)31-15-32-25(23)36/h3-4,8,10-12,15-16,20H,2,5-7,9,13-14,29H2,1H3,(H,34,37)(H2,28,31,32)/t27-/m1/s1. The lowest BCUT2D eigenvalue weighted by Crippen LogP contribution is -2.56. The number of pyridine rings is 1. The van der Waals surface area contributed by atoms with Crippen LogP contribution in [0.25, 0.3) is 22.3 Å². The lowest BCUT2D eigenvalue weighted by molar-refractivity contribution is -0.125. The Kier molecular flexibility index (Phi) is 5.75. The third-order valence-electron chi connectivity index (χ3n) is 7.46. The van der Waals surface area contributed by atoms with E-state index in [0.717, 1.165) is 41.6 Å². The van der Waals surface area contributed by atoms with Crippen molar-refractivity contribution in [2.24, 2.45) is 5.73 Å². The van der Waals surface area contributed by atoms with Gasteiger partial charge >= 0.3 is 0 Å². The Morgan fingerprint density at radius 3 is 2.84 bits per heavy atom. The second-order valence-corrected chi connectivity index (χ2v) is 10.1. The van der Waals surface area contributed by atoms with E-state index in [4.69, 9.17) is 11.5 Å². The van der Waals surface area contributed by atoms with E-state index in [1.807, 2.05) is 16.8 Å². The number of hydrogen-bond donors (Lipinski definition) is 3. The minimum absolute atomic E-state index is 0.0500. The molecule has 10 nitrogen and oxygen atoms in total. The minimum atomic E-state index is -0.917. The summed E-state index contributed by atoms with van der Waals surface area (Å²) in [5.41, 5.74) is 18.6. The van der Waals surface area contributed by atoms with Crippen LogP contribution in [0.1, 0.15) is 37.3 Å². The molecule has 0 bridgehead atoms. The zero-order valence-electron chi connectivity index (χ0n) is 20.9. The van der Waals surface area contributed by atoms with Gasteiger partial charge in [0.2, 0.25) is 5.91 Å². The Hall–Kier alpha value is -4.05. The van der Waals surface area contributed by atoms with Crippen molar-refractivity contribution in [3.05, 3.63) is 60.4 Å². The summed E-state index contributed by atoms with van der Waals surface area (Å²) in [7, 11) is 0. The number of nitrogen functional groups attached to an aromatic ring is 1. The van der Waals surface area contributed by atoms with Crippen LogP contribution in [0.4, 0.5) is 11.5 Å². The Morgan fingerprint density at radius 2 is 2.08 bits per heavy atom. The zero-order valence-corrected chi connectivity index (χ0v) is 20.9. The Morgan fingerprint density at radius 1 is 1.22 bits per heavy atom. The van der Waals surface area contributed by atoms with Crippen LogP contribution in [0.5, 0.6) is 0 Å². The van der Waals surface area contributed by atoms with E-state index in [1.54, 1.807) is 12.5 Å². The molecule has 2 aliphatic rings. The number of benzene rings is 1. The summed E-state index contributed by atoms with van der Waals surface area (Å²) in [5, 5.41) is 3.11. The number of carbonyl (C=O) groups is 1. The Labute approximate surface area is 215 Å². The zero-order chi connectivity index (χ0) is 25.6. The minimum Gasteiger partial charge on any atom is -0.382 e. The van der Waals surface area contributed by atoms with Crippen molar-refractivity contribution in [1.82, 2.24) is 29.8 Å². The normalized spacial score (nSPS) is 19.5. The highest BCUT2D eigenvalue weighted by molar-refractivity contribution is 5.88. The first-order valence-electron chi connectivity index (χ1n) is 12.8. The highest BCUT2D eigenvalue weighted by atomic mass is 16.2. The van der Waals surface area contributed by atoms with Crippen LogP contribution in [0.3, 0.4) is 0 Å². The molecule has 2 fully saturated rings. The molecule has 190 valence electrons. The van der Waals surface area contributed by atoms with Gasteiger partial charge in [-0.25, -0.2) is 15.0 Å². The number of nitrogens with one attached hydrogen (secondary N) is 1. The van der Waals surface area contributed by atoms with E-state index in [2.05, 4.69) is 55.3 Å². The van der Waals surface area contributed by atoms with Crippen molar-refractivity contribution < 1.29 is 4.79 Å². The van der Waals surface area contributed by atoms with Gasteiger partial charge in [-0.15, -0.1) is 0 Å². The number of anilines is 2. The van der Waals surface area contributed by atoms with E-state index >= 15 is 0 Å². The Balaban J connectivity index is 1.42. The molecule has 0 spiro atoms. The van der Waals surface area contributed by atoms with Crippen LogP contribution in [0, 0.1) is 0 Å². The number of rotatable bonds is 7. The topological polar surface area (TPSA) is 141 Å². The first-order valence-corrected chi connectivity index (χ1v) is 12.8. The summed E-state index contributed by atoms with van der Waals surface area (Å²) < 4.78 is 2.00. The summed E-state index contributed by atoms with van der Waals surface area (Å²) >= 11 is 0. The fourth-order valence-corrected chi connectivity index (χ4v) is 5.16. The van der Waals surface area contributed by atoms with Gasteiger partial charge in [0.05, 0.1) is 12.9 Å². The molecule has 6 rings (SSSR count). The van der Waals surface area contributed by atoms with E-state index in [9.17, 15) is 4.79 Å². The second-order valence-electron chi connectivity index (χ2n) is 10.1. The van der Waals surface area contributed by atoms with Crippen LogP contribution < -0.4 is 21.7 Å². The van der Waals surface area contributed by atoms with Gasteiger partial charge in [0.1, 0.15) is 17.4 Å². The quantitative estimate of drug-likeness (QED) is 0.353. The summed E-state index contributed by atoms with van der Waals surface area (Å²) in [6, 6.07) is 8.71. The molecule has 1 saturated heterocycles. The molecule has 10 heteroatoms. The van der Waals surface area contributed by atoms with Crippen molar-refractivity contribution >= 4 is 28.6 Å². The van der Waals surface area contributed by atoms with Crippen LogP contribution >= 0.6 is 0 Å². The molecule has 1 aliphatic carbocycles. The maximum absolute atomic E-state index is 13.0. The van der Waals surface area contributed by atoms with Gasteiger partial charge in [0.25, 0.3) is 0 Å². The fourth-order valence-electron chi connectivity index (χ4n) is 5.16. The fraction of sp³-hybridized carbons (Fsp3) is 0.370. The molecular weight excluding hydrogens is 466 g/mol. The molecular formula is C27H31N9O. The van der Waals surface area contributed by atoms with Crippen molar-refractivity contribution in [1.29, 1.82) is 0 Å². The van der Waals surface area contributed by atoms with Crippen LogP contribution in [0.2, 0.25) is 0 Å². The van der Waals surface area contributed by atoms with Gasteiger partial charge in [0, 0.05) is 42.8 Å². The number of nitrogens with zero attached hydrogens (tertiary/aromatic N) is 6. The highest BCUT2D eigenvalue weighted by Gasteiger charge is 2.43. The number of aromatic nitrogens is 5. The maximum atomic E-state index is 13.0. The predicted molar refractivity (Wildman–Crippen MR) is 143 cm³/mol. The van der Waals surface area contributed by atoms with E-state index in [0.29, 0.717) is 43.0 Å². The molecule has 4 aromatic rings. The maximum Gasteiger partial charge on any atom is 0.242 e. The molecule has 3 aromatic heterocycles. The third-order valence-corrected chi connectivity index (χ3v) is 7.46. The second kappa shape index (κ2) is 9.11. The number of amides is 1. The molecule has 1 atom stereocenters. The smallest absolute Gasteiger partial charge is 0.242 e. The van der Waals surface area contributed by atoms with Gasteiger partial charge < -0.3 is 26.3 Å². The summed E-state index contributed by atoms with van der Waals surface area (Å²) in [6.45, 7) is 3.86. The number of hydrogen-bond acceptors (Lipinski definition) is 8. The number of aryl methyl sites for hydroxylation is 1. The van der Waals surface area contributed by atoms with Gasteiger partial charge in [-0.1, -0.05) is 19.1 Å². The van der Waals surface area contributed by atoms with E-state index in [-0.39, 0.29) is 11.9 Å².